The van der Waals surface area contributed by atoms with Gasteiger partial charge in [-0.05, 0) is 37.6 Å². The van der Waals surface area contributed by atoms with Crippen LogP contribution in [0.15, 0.2) is 28.9 Å². The van der Waals surface area contributed by atoms with Crippen LogP contribution < -0.4 is 5.32 Å². The highest BCUT2D eigenvalue weighted by molar-refractivity contribution is 9.10. The van der Waals surface area contributed by atoms with E-state index in [9.17, 15) is 0 Å². The van der Waals surface area contributed by atoms with Crippen LogP contribution in [0.4, 0.5) is 0 Å². The highest BCUT2D eigenvalue weighted by atomic mass is 79.9. The van der Waals surface area contributed by atoms with Gasteiger partial charge in [-0.2, -0.15) is 5.10 Å². The van der Waals surface area contributed by atoms with Gasteiger partial charge in [0, 0.05) is 16.0 Å². The van der Waals surface area contributed by atoms with Gasteiger partial charge in [-0.25, -0.2) is 0 Å². The summed E-state index contributed by atoms with van der Waals surface area (Å²) in [7, 11) is 0. The Bertz CT molecular complexity index is 613. The lowest BCUT2D eigenvalue weighted by Gasteiger charge is -2.22. The Morgan fingerprint density at radius 3 is 2.71 bits per heavy atom. The summed E-state index contributed by atoms with van der Waals surface area (Å²) in [5.74, 6) is 0. The average molecular weight is 391 g/mol. The first-order valence-corrected chi connectivity index (χ1v) is 8.52. The van der Waals surface area contributed by atoms with Gasteiger partial charge in [0.05, 0.1) is 23.0 Å². The number of rotatable bonds is 6. The number of aryl methyl sites for hydroxylation is 1. The van der Waals surface area contributed by atoms with Crippen molar-refractivity contribution in [3.05, 3.63) is 50.2 Å². The van der Waals surface area contributed by atoms with E-state index in [1.807, 2.05) is 22.9 Å². The van der Waals surface area contributed by atoms with E-state index >= 15 is 0 Å². The first kappa shape index (κ1) is 16.8. The van der Waals surface area contributed by atoms with Gasteiger partial charge in [0.15, 0.2) is 0 Å². The summed E-state index contributed by atoms with van der Waals surface area (Å²) in [6.45, 7) is 5.86. The quantitative estimate of drug-likeness (QED) is 0.746. The molecular weight excluding hydrogens is 373 g/mol. The molecule has 0 radical (unpaired) electrons. The van der Waals surface area contributed by atoms with Gasteiger partial charge in [0.1, 0.15) is 0 Å². The predicted molar refractivity (Wildman–Crippen MR) is 92.2 cm³/mol. The van der Waals surface area contributed by atoms with Crippen LogP contribution in [-0.4, -0.2) is 16.3 Å². The van der Waals surface area contributed by atoms with Gasteiger partial charge < -0.3 is 5.32 Å². The van der Waals surface area contributed by atoms with E-state index in [-0.39, 0.29) is 6.04 Å². The molecular formula is C15H18BrCl2N3. The lowest BCUT2D eigenvalue weighted by molar-refractivity contribution is 0.529. The molecule has 1 N–H and O–H groups in total. The second-order valence-electron chi connectivity index (χ2n) is 4.75. The number of nitrogens with zero attached hydrogens (tertiary/aromatic N) is 2. The fraction of sp³-hybridized carbons (Fsp3) is 0.400. The summed E-state index contributed by atoms with van der Waals surface area (Å²) < 4.78 is 2.89. The molecule has 1 unspecified atom stereocenters. The van der Waals surface area contributed by atoms with Crippen LogP contribution in [0.25, 0.3) is 0 Å². The topological polar surface area (TPSA) is 29.9 Å². The summed E-state index contributed by atoms with van der Waals surface area (Å²) in [5, 5.41) is 9.26. The van der Waals surface area contributed by atoms with Gasteiger partial charge in [0.25, 0.3) is 0 Å². The zero-order valence-corrected chi connectivity index (χ0v) is 15.1. The van der Waals surface area contributed by atoms with Crippen molar-refractivity contribution >= 4 is 39.1 Å². The van der Waals surface area contributed by atoms with Crippen molar-refractivity contribution in [3.63, 3.8) is 0 Å². The molecule has 3 nitrogen and oxygen atoms in total. The molecule has 1 aromatic heterocycles. The van der Waals surface area contributed by atoms with Crippen LogP contribution in [0.5, 0.6) is 0 Å². The fourth-order valence-electron chi connectivity index (χ4n) is 2.29. The molecule has 0 aliphatic rings. The number of benzene rings is 1. The van der Waals surface area contributed by atoms with Crippen LogP contribution in [0.2, 0.25) is 10.0 Å². The summed E-state index contributed by atoms with van der Waals surface area (Å²) in [4.78, 5) is 0. The van der Waals surface area contributed by atoms with Gasteiger partial charge in [-0.3, -0.25) is 4.68 Å². The van der Waals surface area contributed by atoms with Crippen molar-refractivity contribution in [2.45, 2.75) is 32.9 Å². The van der Waals surface area contributed by atoms with Gasteiger partial charge >= 0.3 is 0 Å². The maximum Gasteiger partial charge on any atom is 0.0837 e. The Kier molecular flexibility index (Phi) is 6.11. The number of halogens is 3. The number of aromatic nitrogens is 2. The van der Waals surface area contributed by atoms with E-state index in [4.69, 9.17) is 23.2 Å². The van der Waals surface area contributed by atoms with Crippen molar-refractivity contribution in [2.24, 2.45) is 0 Å². The smallest absolute Gasteiger partial charge is 0.0837 e. The van der Waals surface area contributed by atoms with Crippen molar-refractivity contribution in [1.29, 1.82) is 0 Å². The normalized spacial score (nSPS) is 12.6. The minimum Gasteiger partial charge on any atom is -0.305 e. The number of hydrogen-bond acceptors (Lipinski definition) is 2. The monoisotopic (exact) mass is 389 g/mol. The summed E-state index contributed by atoms with van der Waals surface area (Å²) >= 11 is 16.0. The molecule has 0 saturated heterocycles. The molecule has 114 valence electrons. The first-order valence-electron chi connectivity index (χ1n) is 6.98. The number of nitrogens with one attached hydrogen (secondary N) is 1. The maximum atomic E-state index is 6.37. The van der Waals surface area contributed by atoms with Gasteiger partial charge in [0.2, 0.25) is 0 Å². The third-order valence-electron chi connectivity index (χ3n) is 3.28. The minimum absolute atomic E-state index is 0.0217. The van der Waals surface area contributed by atoms with Crippen molar-refractivity contribution < 1.29 is 0 Å². The summed E-state index contributed by atoms with van der Waals surface area (Å²) in [5.41, 5.74) is 2.08. The second kappa shape index (κ2) is 7.63. The Balaban J connectivity index is 2.49. The van der Waals surface area contributed by atoms with Crippen LogP contribution in [0.1, 0.15) is 37.6 Å². The van der Waals surface area contributed by atoms with Crippen LogP contribution in [-0.2, 0) is 6.54 Å². The molecule has 21 heavy (non-hydrogen) atoms. The lowest BCUT2D eigenvalue weighted by atomic mass is 10.0. The van der Waals surface area contributed by atoms with E-state index < -0.39 is 0 Å². The molecule has 1 aromatic carbocycles. The van der Waals surface area contributed by atoms with E-state index in [2.05, 4.69) is 40.2 Å². The molecule has 1 heterocycles. The average Bonchev–Trinajstić information content (AvgIpc) is 2.82. The Labute approximate surface area is 143 Å². The lowest BCUT2D eigenvalue weighted by Crippen LogP contribution is -2.26. The van der Waals surface area contributed by atoms with Gasteiger partial charge in [-0.15, -0.1) is 0 Å². The van der Waals surface area contributed by atoms with Crippen molar-refractivity contribution in [3.8, 4) is 0 Å². The molecule has 1 atom stereocenters. The van der Waals surface area contributed by atoms with Crippen LogP contribution in [0, 0.1) is 0 Å². The molecule has 0 aliphatic heterocycles. The second-order valence-corrected chi connectivity index (χ2v) is 6.44. The minimum atomic E-state index is -0.0217. The SMILES string of the molecule is CCCNC(c1ccc(Cl)cc1Br)c1c(Cl)cnn1CC. The highest BCUT2D eigenvalue weighted by Crippen LogP contribution is 2.34. The zero-order chi connectivity index (χ0) is 15.4. The third kappa shape index (κ3) is 3.81. The molecule has 6 heteroatoms. The maximum absolute atomic E-state index is 6.37. The zero-order valence-electron chi connectivity index (χ0n) is 12.0. The van der Waals surface area contributed by atoms with Gasteiger partial charge in [-0.1, -0.05) is 52.1 Å². The summed E-state index contributed by atoms with van der Waals surface area (Å²) in [6.07, 6.45) is 2.74. The first-order chi connectivity index (χ1) is 10.1. The summed E-state index contributed by atoms with van der Waals surface area (Å²) in [6, 6.07) is 5.79. The Morgan fingerprint density at radius 1 is 1.33 bits per heavy atom. The van der Waals surface area contributed by atoms with E-state index in [0.29, 0.717) is 10.0 Å². The van der Waals surface area contributed by atoms with E-state index in [0.717, 1.165) is 35.2 Å². The van der Waals surface area contributed by atoms with Crippen molar-refractivity contribution in [1.82, 2.24) is 15.1 Å². The largest absolute Gasteiger partial charge is 0.305 e. The third-order valence-corrected chi connectivity index (χ3v) is 4.49. The number of hydrogen-bond donors (Lipinski definition) is 1. The van der Waals surface area contributed by atoms with Crippen LogP contribution >= 0.6 is 39.1 Å². The highest BCUT2D eigenvalue weighted by Gasteiger charge is 2.23. The molecule has 0 spiro atoms. The Morgan fingerprint density at radius 2 is 2.10 bits per heavy atom. The van der Waals surface area contributed by atoms with Crippen molar-refractivity contribution in [2.75, 3.05) is 6.54 Å². The standard InChI is InChI=1S/C15H18BrCl2N3/c1-3-7-19-14(11-6-5-10(17)8-12(11)16)15-13(18)9-20-21(15)4-2/h5-6,8-9,14,19H,3-4,7H2,1-2H3. The van der Waals surface area contributed by atoms with E-state index in [1.54, 1.807) is 6.20 Å². The molecule has 0 aliphatic carbocycles. The Hall–Kier alpha value is -0.550. The predicted octanol–water partition coefficient (Wildman–Crippen LogP) is 5.06. The van der Waals surface area contributed by atoms with E-state index in [1.165, 1.54) is 0 Å². The fourth-order valence-corrected chi connectivity index (χ4v) is 3.45. The molecule has 0 saturated carbocycles. The molecule has 0 fully saturated rings. The van der Waals surface area contributed by atoms with Crippen LogP contribution in [0.3, 0.4) is 0 Å². The molecule has 0 bridgehead atoms. The molecule has 2 aromatic rings. The molecule has 0 amide bonds. The molecule has 2 rings (SSSR count).